The van der Waals surface area contributed by atoms with E-state index in [0.717, 1.165) is 23.6 Å². The van der Waals surface area contributed by atoms with Crippen molar-refractivity contribution in [1.82, 2.24) is 34.3 Å². The van der Waals surface area contributed by atoms with Crippen LogP contribution in [0.3, 0.4) is 0 Å². The van der Waals surface area contributed by atoms with Gasteiger partial charge in [-0.2, -0.15) is 15.3 Å². The molecule has 0 spiro atoms. The van der Waals surface area contributed by atoms with Crippen LogP contribution in [0.15, 0.2) is 49.1 Å². The Balaban J connectivity index is 1.66. The van der Waals surface area contributed by atoms with Gasteiger partial charge in [-0.3, -0.25) is 19.0 Å². The summed E-state index contributed by atoms with van der Waals surface area (Å²) < 4.78 is 6.16. The van der Waals surface area contributed by atoms with E-state index < -0.39 is 0 Å². The van der Waals surface area contributed by atoms with E-state index >= 15 is 0 Å². The Hall–Kier alpha value is -3.00. The first-order chi connectivity index (χ1) is 12.6. The maximum Gasteiger partial charge on any atom is 0.200 e. The maximum atomic E-state index is 5.42. The van der Waals surface area contributed by atoms with E-state index in [2.05, 4.69) is 51.6 Å². The van der Waals surface area contributed by atoms with Gasteiger partial charge in [0, 0.05) is 18.9 Å². The van der Waals surface area contributed by atoms with E-state index in [1.807, 2.05) is 33.2 Å². The Morgan fingerprint density at radius 1 is 1.04 bits per heavy atom. The predicted octanol–water partition coefficient (Wildman–Crippen LogP) is 3.37. The zero-order chi connectivity index (χ0) is 18.1. The summed E-state index contributed by atoms with van der Waals surface area (Å²) in [4.78, 5) is 0. The molecular formula is C18H19N7S. The van der Waals surface area contributed by atoms with Crippen molar-refractivity contribution in [2.75, 3.05) is 0 Å². The highest BCUT2D eigenvalue weighted by Gasteiger charge is 2.14. The van der Waals surface area contributed by atoms with Crippen LogP contribution in [0.1, 0.15) is 18.1 Å². The Kier molecular flexibility index (Phi) is 4.26. The molecule has 3 heterocycles. The summed E-state index contributed by atoms with van der Waals surface area (Å²) in [6.45, 7) is 5.63. The molecule has 0 radical (unpaired) electrons. The minimum atomic E-state index is 0.527. The summed E-state index contributed by atoms with van der Waals surface area (Å²) in [7, 11) is 0. The van der Waals surface area contributed by atoms with E-state index in [9.17, 15) is 0 Å². The lowest BCUT2D eigenvalue weighted by Gasteiger charge is -2.03. The average Bonchev–Trinajstić information content (AvgIpc) is 3.36. The lowest BCUT2D eigenvalue weighted by atomic mass is 10.1. The quantitative estimate of drug-likeness (QED) is 0.551. The molecule has 4 aromatic rings. The number of hydrogen-bond acceptors (Lipinski definition) is 4. The predicted molar refractivity (Wildman–Crippen MR) is 102 cm³/mol. The zero-order valence-corrected chi connectivity index (χ0v) is 15.4. The third-order valence-electron chi connectivity index (χ3n) is 4.23. The highest BCUT2D eigenvalue weighted by atomic mass is 32.1. The third-order valence-corrected chi connectivity index (χ3v) is 4.50. The maximum absolute atomic E-state index is 5.42. The molecular weight excluding hydrogens is 346 g/mol. The fourth-order valence-corrected chi connectivity index (χ4v) is 3.05. The monoisotopic (exact) mass is 365 g/mol. The minimum absolute atomic E-state index is 0.527. The van der Waals surface area contributed by atoms with Gasteiger partial charge >= 0.3 is 0 Å². The van der Waals surface area contributed by atoms with Gasteiger partial charge in [-0.25, -0.2) is 0 Å². The van der Waals surface area contributed by atoms with Crippen LogP contribution in [0.4, 0.5) is 0 Å². The molecule has 0 atom stereocenters. The Labute approximate surface area is 155 Å². The summed E-state index contributed by atoms with van der Waals surface area (Å²) in [6.07, 6.45) is 7.52. The molecule has 0 aliphatic heterocycles. The number of H-pyrrole nitrogens is 1. The third kappa shape index (κ3) is 3.11. The fourth-order valence-electron chi connectivity index (χ4n) is 2.82. The fraction of sp³-hybridized carbons (Fsp3) is 0.222. The van der Waals surface area contributed by atoms with Crippen molar-refractivity contribution >= 4 is 12.2 Å². The topological polar surface area (TPSA) is 69.2 Å². The molecule has 0 aliphatic rings. The molecule has 1 N–H and O–H groups in total. The van der Waals surface area contributed by atoms with Crippen molar-refractivity contribution in [2.45, 2.75) is 26.9 Å². The largest absolute Gasteiger partial charge is 0.272 e. The van der Waals surface area contributed by atoms with Crippen LogP contribution in [0.5, 0.6) is 0 Å². The Morgan fingerprint density at radius 2 is 1.81 bits per heavy atom. The highest BCUT2D eigenvalue weighted by molar-refractivity contribution is 7.71. The molecule has 0 saturated heterocycles. The molecule has 0 saturated carbocycles. The molecule has 0 fully saturated rings. The highest BCUT2D eigenvalue weighted by Crippen LogP contribution is 2.21. The first-order valence-corrected chi connectivity index (χ1v) is 8.83. The molecule has 1 aromatic carbocycles. The second-order valence-corrected chi connectivity index (χ2v) is 6.54. The van der Waals surface area contributed by atoms with E-state index in [4.69, 9.17) is 12.2 Å². The van der Waals surface area contributed by atoms with Gasteiger partial charge in [0.1, 0.15) is 0 Å². The number of aromatic amines is 1. The first kappa shape index (κ1) is 16.5. The van der Waals surface area contributed by atoms with Gasteiger partial charge in [-0.05, 0) is 31.6 Å². The summed E-state index contributed by atoms with van der Waals surface area (Å²) in [5.74, 6) is 0.726. The van der Waals surface area contributed by atoms with Crippen molar-refractivity contribution in [3.05, 3.63) is 65.0 Å². The number of nitrogens with zero attached hydrogens (tertiary/aromatic N) is 6. The van der Waals surface area contributed by atoms with E-state index in [1.165, 1.54) is 11.1 Å². The Morgan fingerprint density at radius 3 is 2.54 bits per heavy atom. The summed E-state index contributed by atoms with van der Waals surface area (Å²) in [5, 5.41) is 16.0. The van der Waals surface area contributed by atoms with Crippen molar-refractivity contribution in [1.29, 1.82) is 0 Å². The molecule has 0 unspecified atom stereocenters. The molecule has 4 rings (SSSR count). The summed E-state index contributed by atoms with van der Waals surface area (Å²) in [5.41, 5.74) is 4.22. The standard InChI is InChI=1S/C18H19N7S/c1-3-23-11-15(8-19-23)17-21-22-18(26)25(17)16-9-20-24(12-16)10-14-6-4-13(2)5-7-14/h4-9,11-12H,3,10H2,1-2H3,(H,22,26). The molecule has 8 heteroatoms. The van der Waals surface area contributed by atoms with Crippen LogP contribution in [-0.2, 0) is 13.1 Å². The number of aryl methyl sites for hydroxylation is 2. The Bertz CT molecular complexity index is 1080. The summed E-state index contributed by atoms with van der Waals surface area (Å²) >= 11 is 5.42. The van der Waals surface area contributed by atoms with Gasteiger partial charge in [0.2, 0.25) is 0 Å². The number of nitrogens with one attached hydrogen (secondary N) is 1. The first-order valence-electron chi connectivity index (χ1n) is 8.42. The van der Waals surface area contributed by atoms with Crippen LogP contribution in [0, 0.1) is 11.7 Å². The van der Waals surface area contributed by atoms with Gasteiger partial charge in [0.25, 0.3) is 0 Å². The number of aromatic nitrogens is 7. The second kappa shape index (κ2) is 6.72. The lowest BCUT2D eigenvalue weighted by molar-refractivity contribution is 0.660. The van der Waals surface area contributed by atoms with Gasteiger partial charge in [0.15, 0.2) is 10.6 Å². The molecule has 0 aliphatic carbocycles. The summed E-state index contributed by atoms with van der Waals surface area (Å²) in [6, 6.07) is 8.44. The van der Waals surface area contributed by atoms with Crippen LogP contribution >= 0.6 is 12.2 Å². The van der Waals surface area contributed by atoms with E-state index in [0.29, 0.717) is 11.3 Å². The van der Waals surface area contributed by atoms with Crippen molar-refractivity contribution in [3.63, 3.8) is 0 Å². The molecule has 26 heavy (non-hydrogen) atoms. The number of benzene rings is 1. The molecule has 7 nitrogen and oxygen atoms in total. The molecule has 3 aromatic heterocycles. The number of hydrogen-bond donors (Lipinski definition) is 1. The second-order valence-electron chi connectivity index (χ2n) is 6.15. The van der Waals surface area contributed by atoms with Gasteiger partial charge in [0.05, 0.1) is 30.2 Å². The smallest absolute Gasteiger partial charge is 0.200 e. The van der Waals surface area contributed by atoms with Gasteiger partial charge in [-0.15, -0.1) is 0 Å². The number of rotatable bonds is 5. The SMILES string of the molecule is CCn1cc(-c2n[nH]c(=S)n2-c2cnn(Cc3ccc(C)cc3)c2)cn1. The zero-order valence-electron chi connectivity index (χ0n) is 14.6. The normalized spacial score (nSPS) is 11.2. The van der Waals surface area contributed by atoms with E-state index in [-0.39, 0.29) is 0 Å². The molecule has 0 bridgehead atoms. The van der Waals surface area contributed by atoms with Crippen LogP contribution in [0.2, 0.25) is 0 Å². The van der Waals surface area contributed by atoms with Crippen LogP contribution in [0.25, 0.3) is 17.1 Å². The van der Waals surface area contributed by atoms with Crippen molar-refractivity contribution < 1.29 is 0 Å². The molecule has 0 amide bonds. The van der Waals surface area contributed by atoms with E-state index in [1.54, 1.807) is 12.4 Å². The van der Waals surface area contributed by atoms with Crippen LogP contribution in [-0.4, -0.2) is 34.3 Å². The van der Waals surface area contributed by atoms with Crippen LogP contribution < -0.4 is 0 Å². The van der Waals surface area contributed by atoms with Crippen molar-refractivity contribution in [3.8, 4) is 17.1 Å². The van der Waals surface area contributed by atoms with Crippen molar-refractivity contribution in [2.24, 2.45) is 0 Å². The van der Waals surface area contributed by atoms with Gasteiger partial charge in [-0.1, -0.05) is 29.8 Å². The average molecular weight is 365 g/mol. The lowest BCUT2D eigenvalue weighted by Crippen LogP contribution is -2.00. The van der Waals surface area contributed by atoms with Gasteiger partial charge < -0.3 is 0 Å². The molecule has 132 valence electrons. The minimum Gasteiger partial charge on any atom is -0.272 e.